The highest BCUT2D eigenvalue weighted by Gasteiger charge is 2.28. The summed E-state index contributed by atoms with van der Waals surface area (Å²) in [4.78, 5) is 39.6. The number of primary amides is 1. The number of nitrogens with one attached hydrogen (secondary N) is 2. The molecule has 0 bridgehead atoms. The van der Waals surface area contributed by atoms with E-state index in [4.69, 9.17) is 28.9 Å². The summed E-state index contributed by atoms with van der Waals surface area (Å²) in [6.45, 7) is 1.67. The molecule has 1 aliphatic rings. The van der Waals surface area contributed by atoms with Crippen LogP contribution in [-0.4, -0.2) is 42.3 Å². The first-order chi connectivity index (χ1) is 14.2. The maximum absolute atomic E-state index is 12.7. The van der Waals surface area contributed by atoms with Gasteiger partial charge in [-0.1, -0.05) is 23.2 Å². The molecule has 3 rings (SSSR count). The van der Waals surface area contributed by atoms with Crippen molar-refractivity contribution in [2.45, 2.75) is 32.2 Å². The van der Waals surface area contributed by atoms with Crippen LogP contribution in [0.25, 0.3) is 0 Å². The fraction of sp³-hybridized carbons (Fsp3) is 0.350. The first-order valence-electron chi connectivity index (χ1n) is 9.37. The van der Waals surface area contributed by atoms with Gasteiger partial charge in [0.15, 0.2) is 0 Å². The number of hydrogen-bond acceptors (Lipinski definition) is 5. The van der Waals surface area contributed by atoms with E-state index in [0.29, 0.717) is 26.3 Å². The Labute approximate surface area is 188 Å². The van der Waals surface area contributed by atoms with Gasteiger partial charge in [0.05, 0.1) is 28.2 Å². The number of anilines is 2. The number of carbonyl (C=O) groups is 3. The predicted molar refractivity (Wildman–Crippen MR) is 121 cm³/mol. The second-order valence-corrected chi connectivity index (χ2v) is 9.10. The normalized spacial score (nSPS) is 13.8. The second kappa shape index (κ2) is 9.34. The summed E-state index contributed by atoms with van der Waals surface area (Å²) < 4.78 is 0. The number of benzene rings is 1. The van der Waals surface area contributed by atoms with Crippen LogP contribution in [0.5, 0.6) is 0 Å². The molecule has 0 saturated heterocycles. The van der Waals surface area contributed by atoms with Crippen LogP contribution in [0.2, 0.25) is 10.0 Å². The Hall–Kier alpha value is -2.13. The zero-order valence-corrected chi connectivity index (χ0v) is 18.9. The molecule has 160 valence electrons. The zero-order valence-electron chi connectivity index (χ0n) is 16.6. The molecule has 4 N–H and O–H groups in total. The van der Waals surface area contributed by atoms with Crippen molar-refractivity contribution in [1.29, 1.82) is 0 Å². The predicted octanol–water partition coefficient (Wildman–Crippen LogP) is 3.54. The van der Waals surface area contributed by atoms with Crippen molar-refractivity contribution in [2.75, 3.05) is 24.2 Å². The third-order valence-corrected chi connectivity index (χ3v) is 6.99. The minimum atomic E-state index is -0.609. The summed E-state index contributed by atoms with van der Waals surface area (Å²) in [5.74, 6) is -1.16. The molecular weight excluding hydrogens is 447 g/mol. The number of rotatable bonds is 7. The number of halogens is 2. The SMILES string of the molecule is CC(C(=O)Nc1sc2c(c1C(N)=O)CCC2)N(C)CC(=O)Nc1ccc(Cl)c(Cl)c1. The zero-order chi connectivity index (χ0) is 22.0. The molecule has 10 heteroatoms. The molecule has 0 saturated carbocycles. The number of amides is 3. The molecule has 1 heterocycles. The highest BCUT2D eigenvalue weighted by atomic mass is 35.5. The van der Waals surface area contributed by atoms with Crippen molar-refractivity contribution >= 4 is 62.9 Å². The van der Waals surface area contributed by atoms with Crippen molar-refractivity contribution < 1.29 is 14.4 Å². The van der Waals surface area contributed by atoms with Crippen LogP contribution in [-0.2, 0) is 22.4 Å². The van der Waals surface area contributed by atoms with Gasteiger partial charge in [-0.25, -0.2) is 0 Å². The van der Waals surface area contributed by atoms with E-state index >= 15 is 0 Å². The average molecular weight is 469 g/mol. The van der Waals surface area contributed by atoms with Gasteiger partial charge in [-0.3, -0.25) is 19.3 Å². The van der Waals surface area contributed by atoms with E-state index in [1.807, 2.05) is 0 Å². The highest BCUT2D eigenvalue weighted by molar-refractivity contribution is 7.17. The third-order valence-electron chi connectivity index (χ3n) is 5.04. The lowest BCUT2D eigenvalue weighted by atomic mass is 10.1. The molecule has 7 nitrogen and oxygen atoms in total. The Balaban J connectivity index is 1.61. The number of hydrogen-bond donors (Lipinski definition) is 3. The first kappa shape index (κ1) is 22.6. The van der Waals surface area contributed by atoms with Gasteiger partial charge in [-0.2, -0.15) is 0 Å². The van der Waals surface area contributed by atoms with Crippen molar-refractivity contribution in [3.63, 3.8) is 0 Å². The maximum atomic E-state index is 12.7. The summed E-state index contributed by atoms with van der Waals surface area (Å²) in [6.07, 6.45) is 2.67. The van der Waals surface area contributed by atoms with Crippen LogP contribution in [0.3, 0.4) is 0 Å². The summed E-state index contributed by atoms with van der Waals surface area (Å²) in [5.41, 5.74) is 7.41. The average Bonchev–Trinajstić information content (AvgIpc) is 3.24. The van der Waals surface area contributed by atoms with Gasteiger partial charge < -0.3 is 16.4 Å². The standard InChI is InChI=1S/C20H22Cl2N4O3S/c1-10(26(2)9-16(27)24-11-6-7-13(21)14(22)8-11)19(29)25-20-17(18(23)28)12-4-3-5-15(12)30-20/h6-8,10H,3-5,9H2,1-2H3,(H2,23,28)(H,24,27)(H,25,29). The minimum absolute atomic E-state index is 0.0154. The molecule has 30 heavy (non-hydrogen) atoms. The summed E-state index contributed by atoms with van der Waals surface area (Å²) in [7, 11) is 1.67. The number of nitrogens with zero attached hydrogens (tertiary/aromatic N) is 1. The first-order valence-corrected chi connectivity index (χ1v) is 10.9. The number of carbonyl (C=O) groups excluding carboxylic acids is 3. The molecule has 1 unspecified atom stereocenters. The second-order valence-electron chi connectivity index (χ2n) is 7.18. The quantitative estimate of drug-likeness (QED) is 0.577. The minimum Gasteiger partial charge on any atom is -0.365 e. The van der Waals surface area contributed by atoms with E-state index in [2.05, 4.69) is 10.6 Å². The van der Waals surface area contributed by atoms with E-state index in [1.54, 1.807) is 37.1 Å². The van der Waals surface area contributed by atoms with Crippen LogP contribution >= 0.6 is 34.5 Å². The van der Waals surface area contributed by atoms with Gasteiger partial charge in [0, 0.05) is 10.6 Å². The lowest BCUT2D eigenvalue weighted by Gasteiger charge is -2.23. The molecule has 0 fully saturated rings. The molecule has 2 aromatic rings. The number of likely N-dealkylation sites (N-methyl/N-ethyl adjacent to an activating group) is 1. The van der Waals surface area contributed by atoms with Crippen LogP contribution in [0.15, 0.2) is 18.2 Å². The Morgan fingerprint density at radius 1 is 1.20 bits per heavy atom. The highest BCUT2D eigenvalue weighted by Crippen LogP contribution is 2.38. The Kier molecular flexibility index (Phi) is 7.02. The Bertz CT molecular complexity index is 1010. The summed E-state index contributed by atoms with van der Waals surface area (Å²) >= 11 is 13.2. The van der Waals surface area contributed by atoms with Crippen LogP contribution in [0.1, 0.15) is 34.1 Å². The lowest BCUT2D eigenvalue weighted by Crippen LogP contribution is -2.43. The van der Waals surface area contributed by atoms with Gasteiger partial charge in [-0.05, 0) is 57.0 Å². The van der Waals surface area contributed by atoms with Gasteiger partial charge in [-0.15, -0.1) is 11.3 Å². The van der Waals surface area contributed by atoms with Crippen molar-refractivity contribution in [2.24, 2.45) is 5.73 Å². The van der Waals surface area contributed by atoms with Crippen LogP contribution < -0.4 is 16.4 Å². The molecule has 1 aromatic heterocycles. The largest absolute Gasteiger partial charge is 0.365 e. The number of fused-ring (bicyclic) bond motifs is 1. The summed E-state index contributed by atoms with van der Waals surface area (Å²) in [5, 5.41) is 6.75. The Morgan fingerprint density at radius 2 is 1.93 bits per heavy atom. The lowest BCUT2D eigenvalue weighted by molar-refractivity contribution is -0.122. The van der Waals surface area contributed by atoms with Crippen molar-refractivity contribution in [3.8, 4) is 0 Å². The molecular formula is C20H22Cl2N4O3S. The molecule has 1 aromatic carbocycles. The fourth-order valence-electron chi connectivity index (χ4n) is 3.31. The number of thiophene rings is 1. The van der Waals surface area contributed by atoms with Crippen LogP contribution in [0.4, 0.5) is 10.7 Å². The van der Waals surface area contributed by atoms with Gasteiger partial charge in [0.1, 0.15) is 5.00 Å². The monoisotopic (exact) mass is 468 g/mol. The molecule has 0 spiro atoms. The number of nitrogens with two attached hydrogens (primary N) is 1. The molecule has 0 radical (unpaired) electrons. The van der Waals surface area contributed by atoms with Gasteiger partial charge >= 0.3 is 0 Å². The smallest absolute Gasteiger partial charge is 0.251 e. The van der Waals surface area contributed by atoms with Crippen LogP contribution in [0, 0.1) is 0 Å². The van der Waals surface area contributed by atoms with E-state index in [9.17, 15) is 14.4 Å². The molecule has 1 atom stereocenters. The van der Waals surface area contributed by atoms with Crippen molar-refractivity contribution in [3.05, 3.63) is 44.2 Å². The van der Waals surface area contributed by atoms with Gasteiger partial charge in [0.25, 0.3) is 5.91 Å². The summed E-state index contributed by atoms with van der Waals surface area (Å²) in [6, 6.07) is 4.18. The molecule has 1 aliphatic carbocycles. The maximum Gasteiger partial charge on any atom is 0.251 e. The van der Waals surface area contributed by atoms with Crippen molar-refractivity contribution in [1.82, 2.24) is 4.90 Å². The fourth-order valence-corrected chi connectivity index (χ4v) is 4.90. The van der Waals surface area contributed by atoms with E-state index < -0.39 is 11.9 Å². The number of aryl methyl sites for hydroxylation is 1. The van der Waals surface area contributed by atoms with E-state index in [-0.39, 0.29) is 18.4 Å². The van der Waals surface area contributed by atoms with E-state index in [1.165, 1.54) is 11.3 Å². The molecule has 0 aliphatic heterocycles. The Morgan fingerprint density at radius 3 is 2.60 bits per heavy atom. The third kappa shape index (κ3) is 4.95. The molecule has 3 amide bonds. The topological polar surface area (TPSA) is 105 Å². The van der Waals surface area contributed by atoms with Gasteiger partial charge in [0.2, 0.25) is 11.8 Å². The van der Waals surface area contributed by atoms with E-state index in [0.717, 1.165) is 29.7 Å².